The summed E-state index contributed by atoms with van der Waals surface area (Å²) in [6.07, 6.45) is 0.800. The second-order valence-electron chi connectivity index (χ2n) is 7.40. The highest BCUT2D eigenvalue weighted by atomic mass is 35.5. The molecule has 1 saturated heterocycles. The van der Waals surface area contributed by atoms with Crippen LogP contribution in [0.5, 0.6) is 11.5 Å². The number of nitrogens with zero attached hydrogens (tertiary/aromatic N) is 5. The minimum absolute atomic E-state index is 0.142. The van der Waals surface area contributed by atoms with Crippen molar-refractivity contribution in [1.29, 1.82) is 0 Å². The second-order valence-corrected chi connectivity index (χ2v) is 7.76. The molecule has 0 saturated carbocycles. The standard InChI is InChI=1S/C22H18ClN5O4/c23-19-18-20(25-13-24-19)28(15-10-11-26(12-15)22(30)31)21(29)27(18)14-6-8-17(9-7-14)32-16-4-2-1-3-5-16/h1-9,13,15H,10-12H2,(H,30,31)/t15-/m1/s1. The van der Waals surface area contributed by atoms with E-state index >= 15 is 0 Å². The van der Waals surface area contributed by atoms with E-state index in [-0.39, 0.29) is 23.4 Å². The maximum atomic E-state index is 13.5. The van der Waals surface area contributed by atoms with Gasteiger partial charge in [-0.25, -0.2) is 19.6 Å². The second kappa shape index (κ2) is 8.01. The van der Waals surface area contributed by atoms with Gasteiger partial charge in [-0.2, -0.15) is 0 Å². The molecule has 4 aromatic rings. The molecule has 9 nitrogen and oxygen atoms in total. The monoisotopic (exact) mass is 451 g/mol. The van der Waals surface area contributed by atoms with Gasteiger partial charge in [-0.05, 0) is 42.8 Å². The van der Waals surface area contributed by atoms with Crippen molar-refractivity contribution in [1.82, 2.24) is 24.0 Å². The zero-order chi connectivity index (χ0) is 22.2. The van der Waals surface area contributed by atoms with Crippen LogP contribution in [0, 0.1) is 0 Å². The Morgan fingerprint density at radius 2 is 1.78 bits per heavy atom. The zero-order valence-electron chi connectivity index (χ0n) is 16.8. The van der Waals surface area contributed by atoms with E-state index in [1.807, 2.05) is 30.3 Å². The van der Waals surface area contributed by atoms with Crippen molar-refractivity contribution in [3.05, 3.63) is 76.6 Å². The molecule has 162 valence electrons. The third-order valence-corrected chi connectivity index (χ3v) is 5.76. The molecule has 5 rings (SSSR count). The number of amides is 1. The summed E-state index contributed by atoms with van der Waals surface area (Å²) in [4.78, 5) is 34.5. The number of hydrogen-bond donors (Lipinski definition) is 1. The minimum Gasteiger partial charge on any atom is -0.465 e. The van der Waals surface area contributed by atoms with Gasteiger partial charge in [0.25, 0.3) is 0 Å². The van der Waals surface area contributed by atoms with Crippen LogP contribution >= 0.6 is 11.6 Å². The van der Waals surface area contributed by atoms with Gasteiger partial charge in [0.1, 0.15) is 23.3 Å². The maximum Gasteiger partial charge on any atom is 0.407 e. The summed E-state index contributed by atoms with van der Waals surface area (Å²) >= 11 is 6.37. The Morgan fingerprint density at radius 3 is 2.47 bits per heavy atom. The van der Waals surface area contributed by atoms with Gasteiger partial charge in [0.2, 0.25) is 0 Å². The highest BCUT2D eigenvalue weighted by molar-refractivity contribution is 6.33. The number of imidazole rings is 1. The van der Waals surface area contributed by atoms with Crippen molar-refractivity contribution in [2.75, 3.05) is 13.1 Å². The molecule has 0 unspecified atom stereocenters. The summed E-state index contributed by atoms with van der Waals surface area (Å²) in [6.45, 7) is 0.559. The lowest BCUT2D eigenvalue weighted by Gasteiger charge is -2.13. The highest BCUT2D eigenvalue weighted by Crippen LogP contribution is 2.29. The summed E-state index contributed by atoms with van der Waals surface area (Å²) in [7, 11) is 0. The number of fused-ring (bicyclic) bond motifs is 1. The van der Waals surface area contributed by atoms with Gasteiger partial charge in [-0.1, -0.05) is 29.8 Å². The average molecular weight is 452 g/mol. The van der Waals surface area contributed by atoms with Crippen molar-refractivity contribution >= 4 is 28.9 Å². The van der Waals surface area contributed by atoms with Gasteiger partial charge in [-0.15, -0.1) is 0 Å². The maximum absolute atomic E-state index is 13.5. The minimum atomic E-state index is -1.01. The number of aromatic nitrogens is 4. The van der Waals surface area contributed by atoms with E-state index in [1.54, 1.807) is 24.3 Å². The molecular formula is C22H18ClN5O4. The van der Waals surface area contributed by atoms with Gasteiger partial charge in [0.15, 0.2) is 10.8 Å². The first-order valence-electron chi connectivity index (χ1n) is 9.97. The third kappa shape index (κ3) is 3.46. The van der Waals surface area contributed by atoms with Crippen molar-refractivity contribution in [2.24, 2.45) is 0 Å². The zero-order valence-corrected chi connectivity index (χ0v) is 17.5. The molecule has 0 aliphatic carbocycles. The largest absolute Gasteiger partial charge is 0.465 e. The predicted molar refractivity (Wildman–Crippen MR) is 118 cm³/mol. The van der Waals surface area contributed by atoms with Gasteiger partial charge in [0, 0.05) is 13.1 Å². The molecule has 1 atom stereocenters. The first-order valence-corrected chi connectivity index (χ1v) is 10.4. The number of para-hydroxylation sites is 1. The van der Waals surface area contributed by atoms with E-state index in [0.717, 1.165) is 0 Å². The summed E-state index contributed by atoms with van der Waals surface area (Å²) in [5.74, 6) is 1.32. The van der Waals surface area contributed by atoms with Crippen molar-refractivity contribution in [2.45, 2.75) is 12.5 Å². The van der Waals surface area contributed by atoms with Crippen LogP contribution < -0.4 is 10.4 Å². The number of likely N-dealkylation sites (tertiary alicyclic amines) is 1. The van der Waals surface area contributed by atoms with E-state index in [1.165, 1.54) is 20.4 Å². The van der Waals surface area contributed by atoms with Crippen molar-refractivity contribution < 1.29 is 14.6 Å². The Balaban J connectivity index is 1.57. The van der Waals surface area contributed by atoms with Crippen molar-refractivity contribution in [3.63, 3.8) is 0 Å². The Hall–Kier alpha value is -3.85. The molecule has 3 heterocycles. The summed E-state index contributed by atoms with van der Waals surface area (Å²) in [5.41, 5.74) is 0.974. The molecule has 1 aliphatic rings. The first kappa shape index (κ1) is 20.1. The van der Waals surface area contributed by atoms with Crippen LogP contribution in [0.2, 0.25) is 5.15 Å². The van der Waals surface area contributed by atoms with Gasteiger partial charge < -0.3 is 14.7 Å². The molecule has 10 heteroatoms. The molecule has 1 fully saturated rings. The molecule has 2 aromatic heterocycles. The topological polar surface area (TPSA) is 102 Å². The van der Waals surface area contributed by atoms with Crippen LogP contribution in [-0.4, -0.2) is 48.3 Å². The smallest absolute Gasteiger partial charge is 0.407 e. The number of carboxylic acid groups (broad SMARTS) is 1. The number of halogens is 1. The lowest BCUT2D eigenvalue weighted by Crippen LogP contribution is -2.31. The van der Waals surface area contributed by atoms with E-state index < -0.39 is 6.09 Å². The highest BCUT2D eigenvalue weighted by Gasteiger charge is 2.31. The van der Waals surface area contributed by atoms with Crippen LogP contribution in [-0.2, 0) is 0 Å². The molecule has 0 bridgehead atoms. The summed E-state index contributed by atoms with van der Waals surface area (Å²) in [5, 5.41) is 9.44. The Labute approximate surface area is 187 Å². The molecule has 2 aromatic carbocycles. The lowest BCUT2D eigenvalue weighted by molar-refractivity contribution is 0.154. The average Bonchev–Trinajstić information content (AvgIpc) is 3.38. The quantitative estimate of drug-likeness (QED) is 0.471. The fourth-order valence-corrected chi connectivity index (χ4v) is 4.21. The first-order chi connectivity index (χ1) is 15.5. The van der Waals surface area contributed by atoms with Gasteiger partial charge in [0.05, 0.1) is 11.7 Å². The molecule has 0 spiro atoms. The molecule has 32 heavy (non-hydrogen) atoms. The van der Waals surface area contributed by atoms with E-state index in [0.29, 0.717) is 41.3 Å². The molecule has 1 aliphatic heterocycles. The van der Waals surface area contributed by atoms with E-state index in [4.69, 9.17) is 16.3 Å². The van der Waals surface area contributed by atoms with Crippen molar-refractivity contribution in [3.8, 4) is 17.2 Å². The predicted octanol–water partition coefficient (Wildman–Crippen LogP) is 3.95. The normalized spacial score (nSPS) is 15.9. The molecular weight excluding hydrogens is 434 g/mol. The summed E-state index contributed by atoms with van der Waals surface area (Å²) in [6, 6.07) is 16.1. The van der Waals surface area contributed by atoms with Gasteiger partial charge >= 0.3 is 11.8 Å². The van der Waals surface area contributed by atoms with Crippen LogP contribution in [0.4, 0.5) is 4.79 Å². The van der Waals surface area contributed by atoms with E-state index in [9.17, 15) is 14.7 Å². The number of hydrogen-bond acceptors (Lipinski definition) is 5. The fraction of sp³-hybridized carbons (Fsp3) is 0.182. The Morgan fingerprint density at radius 1 is 1.06 bits per heavy atom. The van der Waals surface area contributed by atoms with Crippen LogP contribution in [0.25, 0.3) is 16.9 Å². The number of benzene rings is 2. The van der Waals surface area contributed by atoms with Crippen LogP contribution in [0.3, 0.4) is 0 Å². The summed E-state index contributed by atoms with van der Waals surface area (Å²) < 4.78 is 8.79. The molecule has 1 N–H and O–H groups in total. The number of rotatable bonds is 4. The third-order valence-electron chi connectivity index (χ3n) is 5.48. The van der Waals surface area contributed by atoms with Crippen LogP contribution in [0.1, 0.15) is 12.5 Å². The number of ether oxygens (including phenoxy) is 1. The Kier molecular flexibility index (Phi) is 5.02. The number of carbonyl (C=O) groups is 1. The van der Waals surface area contributed by atoms with Gasteiger partial charge in [-0.3, -0.25) is 9.13 Å². The van der Waals surface area contributed by atoms with E-state index in [2.05, 4.69) is 9.97 Å². The fourth-order valence-electron chi connectivity index (χ4n) is 3.99. The molecule has 1 amide bonds. The SMILES string of the molecule is O=C(O)N1CC[C@@H](n2c(=O)n(-c3ccc(Oc4ccccc4)cc3)c3c(Cl)ncnc32)C1. The molecule has 0 radical (unpaired) electrons. The van der Waals surface area contributed by atoms with Crippen LogP contribution in [0.15, 0.2) is 65.7 Å². The lowest BCUT2D eigenvalue weighted by atomic mass is 10.2. The Bertz CT molecular complexity index is 1350.